The van der Waals surface area contributed by atoms with Gasteiger partial charge in [-0.3, -0.25) is 4.79 Å². The number of aliphatic imine (C=N–C) groups is 2. The van der Waals surface area contributed by atoms with Crippen LogP contribution in [-0.4, -0.2) is 35.9 Å². The molecule has 18 heavy (non-hydrogen) atoms. The van der Waals surface area contributed by atoms with Gasteiger partial charge in [-0.25, -0.2) is 9.38 Å². The number of halogens is 1. The minimum absolute atomic E-state index is 0.226. The van der Waals surface area contributed by atoms with Gasteiger partial charge in [0.2, 0.25) is 0 Å². The molecule has 0 bridgehead atoms. The first-order chi connectivity index (χ1) is 8.66. The van der Waals surface area contributed by atoms with E-state index in [2.05, 4.69) is 9.98 Å². The Labute approximate surface area is 103 Å². The van der Waals surface area contributed by atoms with Crippen LogP contribution >= 0.6 is 0 Å². The monoisotopic (exact) mass is 243 g/mol. The van der Waals surface area contributed by atoms with Crippen LogP contribution in [0.3, 0.4) is 0 Å². The zero-order valence-corrected chi connectivity index (χ0v) is 9.67. The number of nitrogens with zero attached hydrogens (tertiary/aromatic N) is 3. The average Bonchev–Trinajstić information content (AvgIpc) is 2.69. The van der Waals surface area contributed by atoms with Crippen LogP contribution in [-0.2, 0) is 4.79 Å². The molecule has 2 aliphatic rings. The molecule has 3 rings (SSSR count). The Kier molecular flexibility index (Phi) is 2.33. The summed E-state index contributed by atoms with van der Waals surface area (Å²) in [6, 6.07) is 5.69. The Morgan fingerprint density at radius 3 is 2.72 bits per heavy atom. The summed E-state index contributed by atoms with van der Waals surface area (Å²) >= 11 is 0. The van der Waals surface area contributed by atoms with Gasteiger partial charge < -0.3 is 4.90 Å². The lowest BCUT2D eigenvalue weighted by Gasteiger charge is -2.19. The lowest BCUT2D eigenvalue weighted by atomic mass is 9.99. The minimum atomic E-state index is -0.449. The van der Waals surface area contributed by atoms with Crippen LogP contribution in [0, 0.1) is 5.82 Å². The van der Waals surface area contributed by atoms with Crippen molar-refractivity contribution in [1.82, 2.24) is 4.90 Å². The highest BCUT2D eigenvalue weighted by atomic mass is 19.1. The molecule has 5 heteroatoms. The highest BCUT2D eigenvalue weighted by molar-refractivity contribution is 6.36. The summed E-state index contributed by atoms with van der Waals surface area (Å²) in [6.07, 6.45) is 3.11. The number of benzene rings is 1. The third-order valence-corrected chi connectivity index (χ3v) is 3.05. The quantitative estimate of drug-likeness (QED) is 0.750. The second kappa shape index (κ2) is 3.87. The first-order valence-electron chi connectivity index (χ1n) is 5.51. The highest BCUT2D eigenvalue weighted by Gasteiger charge is 2.36. The molecule has 90 valence electrons. The molecule has 0 radical (unpaired) electrons. The third-order valence-electron chi connectivity index (χ3n) is 3.05. The van der Waals surface area contributed by atoms with Crippen LogP contribution in [0.25, 0.3) is 5.57 Å². The fraction of sp³-hybridized carbons (Fsp3) is 0.154. The average molecular weight is 243 g/mol. The summed E-state index contributed by atoms with van der Waals surface area (Å²) in [4.78, 5) is 21.3. The Hall–Kier alpha value is -2.30. The smallest absolute Gasteiger partial charge is 0.276 e. The van der Waals surface area contributed by atoms with Gasteiger partial charge >= 0.3 is 0 Å². The zero-order valence-electron chi connectivity index (χ0n) is 9.67. The Morgan fingerprint density at radius 1 is 1.28 bits per heavy atom. The summed E-state index contributed by atoms with van der Waals surface area (Å²) in [5.41, 5.74) is 2.35. The van der Waals surface area contributed by atoms with Gasteiger partial charge in [0.15, 0.2) is 6.04 Å². The van der Waals surface area contributed by atoms with E-state index in [9.17, 15) is 9.18 Å². The van der Waals surface area contributed by atoms with Crippen LogP contribution < -0.4 is 0 Å². The van der Waals surface area contributed by atoms with Gasteiger partial charge in [-0.2, -0.15) is 4.99 Å². The second-order valence-electron chi connectivity index (χ2n) is 4.21. The van der Waals surface area contributed by atoms with Crippen molar-refractivity contribution in [1.29, 1.82) is 0 Å². The lowest BCUT2D eigenvalue weighted by Crippen LogP contribution is -2.38. The minimum Gasteiger partial charge on any atom is -0.363 e. The van der Waals surface area contributed by atoms with Gasteiger partial charge in [-0.15, -0.1) is 0 Å². The Morgan fingerprint density at radius 2 is 2.00 bits per heavy atom. The van der Waals surface area contributed by atoms with Crippen molar-refractivity contribution in [2.24, 2.45) is 9.98 Å². The van der Waals surface area contributed by atoms with Crippen molar-refractivity contribution in [3.8, 4) is 0 Å². The van der Waals surface area contributed by atoms with Crippen molar-refractivity contribution in [3.05, 3.63) is 41.8 Å². The summed E-state index contributed by atoms with van der Waals surface area (Å²) in [5, 5.41) is 0. The van der Waals surface area contributed by atoms with Gasteiger partial charge in [0, 0.05) is 18.8 Å². The summed E-state index contributed by atoms with van der Waals surface area (Å²) in [7, 11) is 1.80. The van der Waals surface area contributed by atoms with Crippen LogP contribution in [0.2, 0.25) is 0 Å². The fourth-order valence-corrected chi connectivity index (χ4v) is 2.19. The van der Waals surface area contributed by atoms with Crippen molar-refractivity contribution in [2.45, 2.75) is 6.04 Å². The van der Waals surface area contributed by atoms with E-state index in [1.165, 1.54) is 18.5 Å². The molecular weight excluding hydrogens is 233 g/mol. The molecule has 4 nitrogen and oxygen atoms in total. The van der Waals surface area contributed by atoms with Gasteiger partial charge in [0.1, 0.15) is 12.2 Å². The van der Waals surface area contributed by atoms with Crippen molar-refractivity contribution >= 4 is 23.5 Å². The number of carbonyl (C=O) groups is 1. The second-order valence-corrected chi connectivity index (χ2v) is 4.21. The molecule has 1 aromatic carbocycles. The number of carbonyl (C=O) groups excluding carboxylic acids is 1. The van der Waals surface area contributed by atoms with Crippen LogP contribution in [0.5, 0.6) is 0 Å². The van der Waals surface area contributed by atoms with Crippen LogP contribution in [0.15, 0.2) is 40.5 Å². The van der Waals surface area contributed by atoms with E-state index in [-0.39, 0.29) is 11.7 Å². The van der Waals surface area contributed by atoms with E-state index in [0.717, 1.165) is 11.1 Å². The number of amides is 1. The predicted molar refractivity (Wildman–Crippen MR) is 66.9 cm³/mol. The lowest BCUT2D eigenvalue weighted by molar-refractivity contribution is -0.119. The maximum absolute atomic E-state index is 12.9. The molecule has 0 aromatic heterocycles. The number of hydrogen-bond donors (Lipinski definition) is 0. The largest absolute Gasteiger partial charge is 0.363 e. The standard InChI is InChI=1S/C13H10FN3O/c1-17-6-10(8-2-4-9(14)5-3-8)11-12(17)13(18)16-7-15-11/h2-7,12H,1H3. The van der Waals surface area contributed by atoms with E-state index >= 15 is 0 Å². The van der Waals surface area contributed by atoms with Crippen LogP contribution in [0.4, 0.5) is 4.39 Å². The Bertz CT molecular complexity index is 601. The molecule has 1 amide bonds. The first kappa shape index (κ1) is 10.8. The molecule has 1 aromatic rings. The molecular formula is C13H10FN3O. The van der Waals surface area contributed by atoms with E-state index in [1.54, 1.807) is 24.1 Å². The van der Waals surface area contributed by atoms with Gasteiger partial charge in [0.25, 0.3) is 5.91 Å². The van der Waals surface area contributed by atoms with Crippen molar-refractivity contribution < 1.29 is 9.18 Å². The molecule has 1 unspecified atom stereocenters. The number of likely N-dealkylation sites (N-methyl/N-ethyl adjacent to an activating group) is 1. The van der Waals surface area contributed by atoms with Crippen molar-refractivity contribution in [3.63, 3.8) is 0 Å². The molecule has 0 N–H and O–H groups in total. The molecule has 0 saturated heterocycles. The third kappa shape index (κ3) is 1.55. The maximum Gasteiger partial charge on any atom is 0.276 e. The number of hydrogen-bond acceptors (Lipinski definition) is 3. The molecule has 0 fully saturated rings. The zero-order chi connectivity index (χ0) is 12.7. The van der Waals surface area contributed by atoms with E-state index in [4.69, 9.17) is 0 Å². The Balaban J connectivity index is 2.05. The summed E-state index contributed by atoms with van der Waals surface area (Å²) in [6.45, 7) is 0. The SMILES string of the molecule is CN1C=C(c2ccc(F)cc2)C2=NC=NC(=O)C21. The maximum atomic E-state index is 12.9. The van der Waals surface area contributed by atoms with E-state index in [0.29, 0.717) is 5.71 Å². The molecule has 2 heterocycles. The van der Waals surface area contributed by atoms with Gasteiger partial charge in [0.05, 0.1) is 5.71 Å². The van der Waals surface area contributed by atoms with E-state index in [1.807, 2.05) is 6.20 Å². The first-order valence-corrected chi connectivity index (χ1v) is 5.51. The molecule has 0 saturated carbocycles. The van der Waals surface area contributed by atoms with Crippen molar-refractivity contribution in [2.75, 3.05) is 7.05 Å². The summed E-state index contributed by atoms with van der Waals surface area (Å²) in [5.74, 6) is -0.513. The highest BCUT2D eigenvalue weighted by Crippen LogP contribution is 2.28. The molecule has 0 aliphatic carbocycles. The molecule has 0 spiro atoms. The van der Waals surface area contributed by atoms with E-state index < -0.39 is 6.04 Å². The van der Waals surface area contributed by atoms with Gasteiger partial charge in [-0.05, 0) is 17.7 Å². The number of fused-ring (bicyclic) bond motifs is 1. The number of rotatable bonds is 1. The predicted octanol–water partition coefficient (Wildman–Crippen LogP) is 1.49. The topological polar surface area (TPSA) is 45.0 Å². The van der Waals surface area contributed by atoms with Gasteiger partial charge in [-0.1, -0.05) is 12.1 Å². The summed E-state index contributed by atoms with van der Waals surface area (Å²) < 4.78 is 12.9. The molecule has 2 aliphatic heterocycles. The van der Waals surface area contributed by atoms with Crippen LogP contribution in [0.1, 0.15) is 5.56 Å². The molecule has 1 atom stereocenters. The normalized spacial score (nSPS) is 21.8. The fourth-order valence-electron chi connectivity index (χ4n) is 2.19.